The Hall–Kier alpha value is -2.57. The van der Waals surface area contributed by atoms with E-state index in [0.29, 0.717) is 11.3 Å². The molecule has 3 nitrogen and oxygen atoms in total. The molecule has 2 aromatic heterocycles. The summed E-state index contributed by atoms with van der Waals surface area (Å²) in [6.07, 6.45) is 0. The molecule has 4 aromatic rings. The van der Waals surface area contributed by atoms with Gasteiger partial charge in [0.25, 0.3) is 5.91 Å². The van der Waals surface area contributed by atoms with E-state index in [0.717, 1.165) is 25.3 Å². The highest BCUT2D eigenvalue weighted by Gasteiger charge is 2.15. The molecule has 0 spiro atoms. The number of rotatable bonds is 3. The number of pyridine rings is 1. The summed E-state index contributed by atoms with van der Waals surface area (Å²) in [6, 6.07) is 18.9. The van der Waals surface area contributed by atoms with Crippen LogP contribution in [0.5, 0.6) is 0 Å². The molecular formula is C20H12BrFN2OS. The van der Waals surface area contributed by atoms with Gasteiger partial charge in [0, 0.05) is 11.1 Å². The SMILES string of the molecule is O=C(Nc1ccc(F)cc1)c1cc(-c2ccc(Br)s2)nc2ccccc12. The number of thiophene rings is 1. The Kier molecular flexibility index (Phi) is 4.53. The van der Waals surface area contributed by atoms with E-state index in [1.807, 2.05) is 36.4 Å². The zero-order valence-corrected chi connectivity index (χ0v) is 15.8. The summed E-state index contributed by atoms with van der Waals surface area (Å²) in [5, 5.41) is 3.59. The molecule has 2 heterocycles. The van der Waals surface area contributed by atoms with Crippen LogP contribution in [0.15, 0.2) is 70.5 Å². The lowest BCUT2D eigenvalue weighted by Crippen LogP contribution is -2.13. The quantitative estimate of drug-likeness (QED) is 0.428. The summed E-state index contributed by atoms with van der Waals surface area (Å²) in [4.78, 5) is 18.5. The van der Waals surface area contributed by atoms with Gasteiger partial charge < -0.3 is 5.32 Å². The van der Waals surface area contributed by atoms with Gasteiger partial charge in [0.05, 0.1) is 25.4 Å². The highest BCUT2D eigenvalue weighted by Crippen LogP contribution is 2.32. The summed E-state index contributed by atoms with van der Waals surface area (Å²) in [5.41, 5.74) is 2.56. The average Bonchev–Trinajstić information content (AvgIpc) is 3.09. The molecule has 0 aliphatic carbocycles. The van der Waals surface area contributed by atoms with Crippen LogP contribution < -0.4 is 5.32 Å². The molecule has 0 bridgehead atoms. The third-order valence-electron chi connectivity index (χ3n) is 3.89. The van der Waals surface area contributed by atoms with Crippen LogP contribution in [0.2, 0.25) is 0 Å². The lowest BCUT2D eigenvalue weighted by molar-refractivity contribution is 0.102. The fourth-order valence-corrected chi connectivity index (χ4v) is 4.02. The maximum absolute atomic E-state index is 13.1. The van der Waals surface area contributed by atoms with Crippen molar-refractivity contribution in [3.05, 3.63) is 81.9 Å². The first-order chi connectivity index (χ1) is 12.6. The molecule has 0 aliphatic heterocycles. The van der Waals surface area contributed by atoms with Crippen LogP contribution in [0.4, 0.5) is 10.1 Å². The van der Waals surface area contributed by atoms with E-state index >= 15 is 0 Å². The van der Waals surface area contributed by atoms with Gasteiger partial charge in [-0.2, -0.15) is 0 Å². The Balaban J connectivity index is 1.79. The predicted molar refractivity (Wildman–Crippen MR) is 107 cm³/mol. The molecule has 128 valence electrons. The lowest BCUT2D eigenvalue weighted by atomic mass is 10.1. The van der Waals surface area contributed by atoms with Gasteiger partial charge in [0.2, 0.25) is 0 Å². The molecule has 2 aromatic carbocycles. The molecule has 1 N–H and O–H groups in total. The number of benzene rings is 2. The van der Waals surface area contributed by atoms with Gasteiger partial charge in [-0.15, -0.1) is 11.3 Å². The Morgan fingerprint density at radius 2 is 1.81 bits per heavy atom. The van der Waals surface area contributed by atoms with Gasteiger partial charge in [-0.25, -0.2) is 9.37 Å². The molecule has 0 saturated heterocycles. The van der Waals surface area contributed by atoms with Crippen molar-refractivity contribution >= 4 is 49.8 Å². The smallest absolute Gasteiger partial charge is 0.256 e. The second-order valence-corrected chi connectivity index (χ2v) is 8.10. The molecule has 0 radical (unpaired) electrons. The summed E-state index contributed by atoms with van der Waals surface area (Å²) in [6.45, 7) is 0. The normalized spacial score (nSPS) is 10.8. The van der Waals surface area contributed by atoms with Crippen LogP contribution >= 0.6 is 27.3 Å². The molecule has 6 heteroatoms. The third-order valence-corrected chi connectivity index (χ3v) is 5.53. The lowest BCUT2D eigenvalue weighted by Gasteiger charge is -2.10. The molecule has 0 saturated carbocycles. The summed E-state index contributed by atoms with van der Waals surface area (Å²) in [5.74, 6) is -0.602. The highest BCUT2D eigenvalue weighted by molar-refractivity contribution is 9.11. The van der Waals surface area contributed by atoms with E-state index in [9.17, 15) is 9.18 Å². The van der Waals surface area contributed by atoms with E-state index in [1.165, 1.54) is 24.3 Å². The van der Waals surface area contributed by atoms with E-state index in [2.05, 4.69) is 26.2 Å². The third kappa shape index (κ3) is 3.38. The number of fused-ring (bicyclic) bond motifs is 1. The summed E-state index contributed by atoms with van der Waals surface area (Å²) >= 11 is 5.01. The number of carbonyl (C=O) groups is 1. The zero-order chi connectivity index (χ0) is 18.1. The molecule has 1 amide bonds. The number of halogens is 2. The van der Waals surface area contributed by atoms with Crippen molar-refractivity contribution < 1.29 is 9.18 Å². The van der Waals surface area contributed by atoms with Gasteiger partial charge in [0.1, 0.15) is 5.82 Å². The predicted octanol–water partition coefficient (Wildman–Crippen LogP) is 6.12. The first-order valence-corrected chi connectivity index (χ1v) is 9.43. The molecule has 26 heavy (non-hydrogen) atoms. The Bertz CT molecular complexity index is 1110. The number of nitrogens with zero attached hydrogens (tertiary/aromatic N) is 1. The standard InChI is InChI=1S/C20H12BrFN2OS/c21-19-10-9-18(26-19)17-11-15(14-3-1-2-4-16(14)24-17)20(25)23-13-7-5-12(22)6-8-13/h1-11H,(H,23,25). The molecule has 4 rings (SSSR count). The van der Waals surface area contributed by atoms with Gasteiger partial charge >= 0.3 is 0 Å². The van der Waals surface area contributed by atoms with E-state index in [4.69, 9.17) is 0 Å². The van der Waals surface area contributed by atoms with Crippen molar-refractivity contribution in [1.29, 1.82) is 0 Å². The largest absolute Gasteiger partial charge is 0.322 e. The first kappa shape index (κ1) is 16.9. The second-order valence-electron chi connectivity index (χ2n) is 5.64. The van der Waals surface area contributed by atoms with Gasteiger partial charge in [-0.1, -0.05) is 18.2 Å². The summed E-state index contributed by atoms with van der Waals surface area (Å²) < 4.78 is 14.1. The molecule has 0 atom stereocenters. The number of nitrogens with one attached hydrogen (secondary N) is 1. The minimum Gasteiger partial charge on any atom is -0.322 e. The Morgan fingerprint density at radius 3 is 2.54 bits per heavy atom. The maximum atomic E-state index is 13.1. The van der Waals surface area contributed by atoms with E-state index < -0.39 is 0 Å². The van der Waals surface area contributed by atoms with E-state index in [-0.39, 0.29) is 11.7 Å². The van der Waals surface area contributed by atoms with Crippen molar-refractivity contribution in [3.8, 4) is 10.6 Å². The number of aromatic nitrogens is 1. The molecular weight excluding hydrogens is 415 g/mol. The number of amides is 1. The number of para-hydroxylation sites is 1. The fraction of sp³-hybridized carbons (Fsp3) is 0. The maximum Gasteiger partial charge on any atom is 0.256 e. The monoisotopic (exact) mass is 426 g/mol. The van der Waals surface area contributed by atoms with Crippen molar-refractivity contribution in [2.24, 2.45) is 0 Å². The fourth-order valence-electron chi connectivity index (χ4n) is 2.67. The van der Waals surface area contributed by atoms with Gasteiger partial charge in [-0.05, 0) is 64.5 Å². The number of hydrogen-bond donors (Lipinski definition) is 1. The van der Waals surface area contributed by atoms with Crippen LogP contribution in [0.25, 0.3) is 21.5 Å². The van der Waals surface area contributed by atoms with Gasteiger partial charge in [-0.3, -0.25) is 4.79 Å². The minimum atomic E-state index is -0.345. The van der Waals surface area contributed by atoms with Crippen molar-refractivity contribution in [1.82, 2.24) is 4.98 Å². The Labute approximate surface area is 161 Å². The van der Waals surface area contributed by atoms with Gasteiger partial charge in [0.15, 0.2) is 0 Å². The minimum absolute atomic E-state index is 0.257. The number of anilines is 1. The van der Waals surface area contributed by atoms with Crippen LogP contribution in [-0.4, -0.2) is 10.9 Å². The number of carbonyl (C=O) groups excluding carboxylic acids is 1. The highest BCUT2D eigenvalue weighted by atomic mass is 79.9. The number of hydrogen-bond acceptors (Lipinski definition) is 3. The molecule has 0 aliphatic rings. The average molecular weight is 427 g/mol. The molecule has 0 unspecified atom stereocenters. The Morgan fingerprint density at radius 1 is 1.04 bits per heavy atom. The van der Waals surface area contributed by atoms with Crippen LogP contribution in [0, 0.1) is 5.82 Å². The first-order valence-electron chi connectivity index (χ1n) is 7.82. The second kappa shape index (κ2) is 6.97. The van der Waals surface area contributed by atoms with Crippen LogP contribution in [-0.2, 0) is 0 Å². The zero-order valence-electron chi connectivity index (χ0n) is 13.4. The topological polar surface area (TPSA) is 42.0 Å². The summed E-state index contributed by atoms with van der Waals surface area (Å²) in [7, 11) is 0. The molecule has 0 fully saturated rings. The van der Waals surface area contributed by atoms with Crippen LogP contribution in [0.1, 0.15) is 10.4 Å². The van der Waals surface area contributed by atoms with Crippen molar-refractivity contribution in [2.75, 3.05) is 5.32 Å². The van der Waals surface area contributed by atoms with Crippen molar-refractivity contribution in [2.45, 2.75) is 0 Å². The van der Waals surface area contributed by atoms with E-state index in [1.54, 1.807) is 17.4 Å². The van der Waals surface area contributed by atoms with Crippen LogP contribution in [0.3, 0.4) is 0 Å². The van der Waals surface area contributed by atoms with Crippen molar-refractivity contribution in [3.63, 3.8) is 0 Å².